The van der Waals surface area contributed by atoms with Gasteiger partial charge in [-0.25, -0.2) is 0 Å². The normalized spacial score (nSPS) is 10.4. The van der Waals surface area contributed by atoms with Gasteiger partial charge in [-0.3, -0.25) is 0 Å². The molecular weight excluding hydrogens is 354 g/mol. The summed E-state index contributed by atoms with van der Waals surface area (Å²) in [5.41, 5.74) is 3.79. The Balaban J connectivity index is 2.39. The molecule has 0 fully saturated rings. The first-order chi connectivity index (χ1) is 8.61. The molecule has 18 heavy (non-hydrogen) atoms. The Morgan fingerprint density at radius 3 is 2.17 bits per heavy atom. The molecular formula is C15H15Br2N. The molecule has 0 N–H and O–H groups in total. The second-order valence-electron chi connectivity index (χ2n) is 4.16. The Bertz CT molecular complexity index is 535. The van der Waals surface area contributed by atoms with E-state index >= 15 is 0 Å². The van der Waals surface area contributed by atoms with Crippen LogP contribution >= 0.6 is 31.9 Å². The van der Waals surface area contributed by atoms with Crippen molar-refractivity contribution in [3.05, 3.63) is 57.0 Å². The van der Waals surface area contributed by atoms with Crippen LogP contribution in [0.5, 0.6) is 0 Å². The van der Waals surface area contributed by atoms with Crippen molar-refractivity contribution in [3.8, 4) is 0 Å². The van der Waals surface area contributed by atoms with Crippen molar-refractivity contribution in [1.82, 2.24) is 0 Å². The molecule has 0 heterocycles. The molecule has 0 spiro atoms. The van der Waals surface area contributed by atoms with Crippen LogP contribution in [0.15, 0.2) is 51.4 Å². The van der Waals surface area contributed by atoms with E-state index in [2.05, 4.69) is 93.2 Å². The SMILES string of the molecule is CCc1cc(Br)ccc1N(C)c1ccc(Br)cc1. The molecule has 0 atom stereocenters. The van der Waals surface area contributed by atoms with Crippen LogP contribution in [0, 0.1) is 0 Å². The van der Waals surface area contributed by atoms with Crippen molar-refractivity contribution in [2.75, 3.05) is 11.9 Å². The molecule has 0 aliphatic carbocycles. The van der Waals surface area contributed by atoms with E-state index in [1.54, 1.807) is 0 Å². The summed E-state index contributed by atoms with van der Waals surface area (Å²) < 4.78 is 2.23. The number of benzene rings is 2. The highest BCUT2D eigenvalue weighted by atomic mass is 79.9. The van der Waals surface area contributed by atoms with Crippen LogP contribution in [-0.4, -0.2) is 7.05 Å². The van der Waals surface area contributed by atoms with E-state index in [1.807, 2.05) is 0 Å². The molecule has 2 rings (SSSR count). The standard InChI is InChI=1S/C15H15Br2N/c1-3-11-10-13(17)6-9-15(11)18(2)14-7-4-12(16)5-8-14/h4-10H,3H2,1-2H3. The predicted octanol–water partition coefficient (Wildman–Crippen LogP) is 5.54. The van der Waals surface area contributed by atoms with E-state index in [1.165, 1.54) is 16.9 Å². The van der Waals surface area contributed by atoms with Crippen LogP contribution in [-0.2, 0) is 6.42 Å². The number of rotatable bonds is 3. The minimum Gasteiger partial charge on any atom is -0.344 e. The zero-order chi connectivity index (χ0) is 13.1. The van der Waals surface area contributed by atoms with E-state index in [4.69, 9.17) is 0 Å². The summed E-state index contributed by atoms with van der Waals surface area (Å²) >= 11 is 6.99. The fraction of sp³-hybridized carbons (Fsp3) is 0.200. The van der Waals surface area contributed by atoms with Crippen LogP contribution in [0.25, 0.3) is 0 Å². The summed E-state index contributed by atoms with van der Waals surface area (Å²) in [7, 11) is 2.10. The zero-order valence-electron chi connectivity index (χ0n) is 10.5. The fourth-order valence-electron chi connectivity index (χ4n) is 1.97. The molecule has 1 nitrogen and oxygen atoms in total. The van der Waals surface area contributed by atoms with Crippen LogP contribution in [0.3, 0.4) is 0 Å². The zero-order valence-corrected chi connectivity index (χ0v) is 13.6. The summed E-state index contributed by atoms with van der Waals surface area (Å²) in [5.74, 6) is 0. The summed E-state index contributed by atoms with van der Waals surface area (Å²) in [6.07, 6.45) is 1.02. The first kappa shape index (κ1) is 13.6. The second-order valence-corrected chi connectivity index (χ2v) is 5.99. The van der Waals surface area contributed by atoms with Gasteiger partial charge in [0.05, 0.1) is 0 Å². The molecule has 0 radical (unpaired) electrons. The Morgan fingerprint density at radius 2 is 1.56 bits per heavy atom. The Kier molecular flexibility index (Phi) is 4.46. The number of halogens is 2. The van der Waals surface area contributed by atoms with Gasteiger partial charge in [0.15, 0.2) is 0 Å². The van der Waals surface area contributed by atoms with Crippen LogP contribution in [0.4, 0.5) is 11.4 Å². The van der Waals surface area contributed by atoms with Gasteiger partial charge in [0, 0.05) is 27.4 Å². The van der Waals surface area contributed by atoms with Gasteiger partial charge in [-0.2, -0.15) is 0 Å². The Morgan fingerprint density at radius 1 is 0.944 bits per heavy atom. The van der Waals surface area contributed by atoms with Crippen LogP contribution in [0.1, 0.15) is 12.5 Å². The lowest BCUT2D eigenvalue weighted by Gasteiger charge is -2.22. The number of hydrogen-bond donors (Lipinski definition) is 0. The van der Waals surface area contributed by atoms with E-state index in [9.17, 15) is 0 Å². The van der Waals surface area contributed by atoms with Crippen molar-refractivity contribution in [1.29, 1.82) is 0 Å². The first-order valence-electron chi connectivity index (χ1n) is 5.89. The molecule has 2 aromatic carbocycles. The van der Waals surface area contributed by atoms with Gasteiger partial charge in [0.25, 0.3) is 0 Å². The van der Waals surface area contributed by atoms with Crippen molar-refractivity contribution >= 4 is 43.2 Å². The van der Waals surface area contributed by atoms with Gasteiger partial charge in [0.2, 0.25) is 0 Å². The molecule has 0 saturated heterocycles. The van der Waals surface area contributed by atoms with E-state index < -0.39 is 0 Å². The van der Waals surface area contributed by atoms with E-state index in [0.717, 1.165) is 15.4 Å². The van der Waals surface area contributed by atoms with Gasteiger partial charge in [-0.15, -0.1) is 0 Å². The van der Waals surface area contributed by atoms with Gasteiger partial charge in [-0.1, -0.05) is 38.8 Å². The van der Waals surface area contributed by atoms with Crippen molar-refractivity contribution in [3.63, 3.8) is 0 Å². The minimum absolute atomic E-state index is 1.02. The lowest BCUT2D eigenvalue weighted by Crippen LogP contribution is -2.11. The summed E-state index contributed by atoms with van der Waals surface area (Å²) in [4.78, 5) is 2.22. The fourth-order valence-corrected chi connectivity index (χ4v) is 2.64. The maximum Gasteiger partial charge on any atom is 0.0441 e. The summed E-state index contributed by atoms with van der Waals surface area (Å²) in [6, 6.07) is 14.8. The van der Waals surface area contributed by atoms with Crippen molar-refractivity contribution < 1.29 is 0 Å². The minimum atomic E-state index is 1.02. The van der Waals surface area contributed by atoms with Crippen LogP contribution < -0.4 is 4.90 Å². The Hall–Kier alpha value is -0.800. The topological polar surface area (TPSA) is 3.24 Å². The summed E-state index contributed by atoms with van der Waals surface area (Å²) in [6.45, 7) is 2.18. The van der Waals surface area contributed by atoms with Gasteiger partial charge in [0.1, 0.15) is 0 Å². The summed E-state index contributed by atoms with van der Waals surface area (Å²) in [5, 5.41) is 0. The van der Waals surface area contributed by atoms with E-state index in [0.29, 0.717) is 0 Å². The molecule has 2 aromatic rings. The lowest BCUT2D eigenvalue weighted by atomic mass is 10.1. The van der Waals surface area contributed by atoms with Gasteiger partial charge < -0.3 is 4.90 Å². The highest BCUT2D eigenvalue weighted by Crippen LogP contribution is 2.30. The highest BCUT2D eigenvalue weighted by Gasteiger charge is 2.08. The largest absolute Gasteiger partial charge is 0.344 e. The predicted molar refractivity (Wildman–Crippen MR) is 85.7 cm³/mol. The first-order valence-corrected chi connectivity index (χ1v) is 7.48. The van der Waals surface area contributed by atoms with Crippen molar-refractivity contribution in [2.24, 2.45) is 0 Å². The number of anilines is 2. The van der Waals surface area contributed by atoms with Gasteiger partial charge >= 0.3 is 0 Å². The monoisotopic (exact) mass is 367 g/mol. The van der Waals surface area contributed by atoms with Crippen LogP contribution in [0.2, 0.25) is 0 Å². The molecule has 0 aromatic heterocycles. The molecule has 94 valence electrons. The molecule has 0 aliphatic heterocycles. The molecule has 0 aliphatic rings. The maximum absolute atomic E-state index is 3.53. The number of aryl methyl sites for hydroxylation is 1. The highest BCUT2D eigenvalue weighted by molar-refractivity contribution is 9.10. The Labute approximate surface area is 125 Å². The molecule has 3 heteroatoms. The van der Waals surface area contributed by atoms with Gasteiger partial charge in [-0.05, 0) is 54.4 Å². The third-order valence-corrected chi connectivity index (χ3v) is 4.02. The lowest BCUT2D eigenvalue weighted by molar-refractivity contribution is 1.09. The quantitative estimate of drug-likeness (QED) is 0.687. The smallest absolute Gasteiger partial charge is 0.0441 e. The molecule has 0 unspecified atom stereocenters. The number of hydrogen-bond acceptors (Lipinski definition) is 1. The number of nitrogens with zero attached hydrogens (tertiary/aromatic N) is 1. The average molecular weight is 369 g/mol. The average Bonchev–Trinajstić information content (AvgIpc) is 2.38. The second kappa shape index (κ2) is 5.89. The molecule has 0 bridgehead atoms. The van der Waals surface area contributed by atoms with E-state index in [-0.39, 0.29) is 0 Å². The third kappa shape index (κ3) is 2.96. The third-order valence-electron chi connectivity index (χ3n) is 3.00. The maximum atomic E-state index is 3.53. The van der Waals surface area contributed by atoms with Crippen molar-refractivity contribution in [2.45, 2.75) is 13.3 Å². The molecule has 0 amide bonds. The molecule has 0 saturated carbocycles.